The van der Waals surface area contributed by atoms with E-state index in [1.807, 2.05) is 13.8 Å². The highest BCUT2D eigenvalue weighted by atomic mass is 16.4. The number of carboxylic acid groups (broad SMARTS) is 1. The second kappa shape index (κ2) is 15.1. The molecule has 4 atom stereocenters. The molecule has 0 saturated heterocycles. The predicted molar refractivity (Wildman–Crippen MR) is 131 cm³/mol. The summed E-state index contributed by atoms with van der Waals surface area (Å²) in [5.74, 6) is -2.89. The lowest BCUT2D eigenvalue weighted by Gasteiger charge is -2.26. The van der Waals surface area contributed by atoms with Crippen molar-refractivity contribution in [1.82, 2.24) is 25.9 Å². The van der Waals surface area contributed by atoms with Gasteiger partial charge in [0.05, 0.1) is 12.4 Å². The number of amides is 3. The van der Waals surface area contributed by atoms with E-state index in [9.17, 15) is 24.3 Å². The van der Waals surface area contributed by atoms with Crippen LogP contribution in [-0.2, 0) is 25.6 Å². The monoisotopic (exact) mass is 495 g/mol. The topological polar surface area (TPSA) is 205 Å². The summed E-state index contributed by atoms with van der Waals surface area (Å²) in [6.07, 6.45) is 4.71. The quantitative estimate of drug-likeness (QED) is 0.150. The number of nitrogens with zero attached hydrogens (tertiary/aromatic N) is 1. The van der Waals surface area contributed by atoms with Crippen molar-refractivity contribution in [3.63, 3.8) is 0 Å². The lowest BCUT2D eigenvalue weighted by Crippen LogP contribution is -2.58. The SMILES string of the molecule is CC(C)CC(NC(=O)C(N)C(C)C)C(=O)NC(Cc1cnc[nH]1)C(=O)NC(CCCCN)C(=O)O. The average molecular weight is 496 g/mol. The Hall–Kier alpha value is -2.99. The molecular weight excluding hydrogens is 454 g/mol. The summed E-state index contributed by atoms with van der Waals surface area (Å²) in [7, 11) is 0. The van der Waals surface area contributed by atoms with Crippen LogP contribution >= 0.6 is 0 Å². The van der Waals surface area contributed by atoms with E-state index in [2.05, 4.69) is 25.9 Å². The zero-order valence-corrected chi connectivity index (χ0v) is 21.0. The Labute approximate surface area is 206 Å². The fourth-order valence-electron chi connectivity index (χ4n) is 3.39. The number of imidazole rings is 1. The van der Waals surface area contributed by atoms with Gasteiger partial charge in [-0.2, -0.15) is 0 Å². The summed E-state index contributed by atoms with van der Waals surface area (Å²) in [6.45, 7) is 7.84. The van der Waals surface area contributed by atoms with Gasteiger partial charge in [-0.3, -0.25) is 14.4 Å². The van der Waals surface area contributed by atoms with E-state index in [1.54, 1.807) is 13.8 Å². The van der Waals surface area contributed by atoms with Crippen LogP contribution in [0.15, 0.2) is 12.5 Å². The van der Waals surface area contributed by atoms with Crippen molar-refractivity contribution in [2.45, 2.75) is 84.0 Å². The van der Waals surface area contributed by atoms with Crippen LogP contribution in [0.4, 0.5) is 0 Å². The van der Waals surface area contributed by atoms with Crippen LogP contribution in [0.2, 0.25) is 0 Å². The zero-order chi connectivity index (χ0) is 26.5. The number of carbonyl (C=O) groups excluding carboxylic acids is 3. The van der Waals surface area contributed by atoms with Crippen molar-refractivity contribution in [3.8, 4) is 0 Å². The molecule has 0 fully saturated rings. The first-order valence-corrected chi connectivity index (χ1v) is 12.0. The molecule has 198 valence electrons. The summed E-state index contributed by atoms with van der Waals surface area (Å²) in [4.78, 5) is 57.2. The minimum absolute atomic E-state index is 0.0561. The third-order valence-corrected chi connectivity index (χ3v) is 5.53. The Morgan fingerprint density at radius 3 is 2.09 bits per heavy atom. The van der Waals surface area contributed by atoms with Crippen molar-refractivity contribution < 1.29 is 24.3 Å². The fraction of sp³-hybridized carbons (Fsp3) is 0.696. The molecule has 9 N–H and O–H groups in total. The molecule has 0 radical (unpaired) electrons. The molecule has 1 rings (SSSR count). The highest BCUT2D eigenvalue weighted by molar-refractivity contribution is 5.94. The van der Waals surface area contributed by atoms with Gasteiger partial charge in [0.25, 0.3) is 0 Å². The molecule has 4 unspecified atom stereocenters. The van der Waals surface area contributed by atoms with Crippen molar-refractivity contribution >= 4 is 23.7 Å². The molecule has 3 amide bonds. The van der Waals surface area contributed by atoms with Crippen LogP contribution in [0, 0.1) is 11.8 Å². The molecule has 1 aromatic heterocycles. The Balaban J connectivity index is 3.04. The first kappa shape index (κ1) is 30.0. The molecule has 35 heavy (non-hydrogen) atoms. The number of aromatic nitrogens is 2. The molecule has 1 aromatic rings. The van der Waals surface area contributed by atoms with E-state index < -0.39 is 47.9 Å². The number of rotatable bonds is 16. The molecule has 12 nitrogen and oxygen atoms in total. The van der Waals surface area contributed by atoms with Crippen molar-refractivity contribution in [3.05, 3.63) is 18.2 Å². The van der Waals surface area contributed by atoms with Gasteiger partial charge in [-0.25, -0.2) is 9.78 Å². The van der Waals surface area contributed by atoms with Gasteiger partial charge >= 0.3 is 5.97 Å². The van der Waals surface area contributed by atoms with Crippen LogP contribution in [0.25, 0.3) is 0 Å². The van der Waals surface area contributed by atoms with Crippen LogP contribution in [-0.4, -0.2) is 69.5 Å². The van der Waals surface area contributed by atoms with Crippen molar-refractivity contribution in [1.29, 1.82) is 0 Å². The normalized spacial score (nSPS) is 14.7. The average Bonchev–Trinajstić information content (AvgIpc) is 3.29. The largest absolute Gasteiger partial charge is 0.480 e. The third kappa shape index (κ3) is 10.9. The number of unbranched alkanes of at least 4 members (excludes halogenated alkanes) is 1. The second-order valence-corrected chi connectivity index (χ2v) is 9.49. The summed E-state index contributed by atoms with van der Waals surface area (Å²) >= 11 is 0. The van der Waals surface area contributed by atoms with Gasteiger partial charge in [0.2, 0.25) is 17.7 Å². The number of nitrogens with two attached hydrogens (primary N) is 2. The Bertz CT molecular complexity index is 813. The van der Waals surface area contributed by atoms with Crippen LogP contribution in [0.5, 0.6) is 0 Å². The van der Waals surface area contributed by atoms with Gasteiger partial charge in [-0.1, -0.05) is 27.7 Å². The lowest BCUT2D eigenvalue weighted by atomic mass is 10.00. The number of carbonyl (C=O) groups is 4. The molecule has 1 heterocycles. The van der Waals surface area contributed by atoms with Crippen molar-refractivity contribution in [2.75, 3.05) is 6.54 Å². The second-order valence-electron chi connectivity index (χ2n) is 9.49. The van der Waals surface area contributed by atoms with Gasteiger partial charge in [0.1, 0.15) is 18.1 Å². The number of aliphatic carboxylic acids is 1. The number of nitrogens with one attached hydrogen (secondary N) is 4. The minimum Gasteiger partial charge on any atom is -0.480 e. The number of hydrogen-bond acceptors (Lipinski definition) is 7. The molecule has 0 aliphatic rings. The molecule has 0 aliphatic heterocycles. The molecule has 0 spiro atoms. The lowest BCUT2D eigenvalue weighted by molar-refractivity contribution is -0.142. The standard InChI is InChI=1S/C23H41N7O5/c1-13(2)9-17(30-22(33)19(25)14(3)4)20(31)29-18(10-15-11-26-12-27-15)21(32)28-16(23(34)35)7-5-6-8-24/h11-14,16-19H,5-10,24-25H2,1-4H3,(H,26,27)(H,28,32)(H,29,31)(H,30,33)(H,34,35). The number of carboxylic acids is 1. The predicted octanol–water partition coefficient (Wildman–Crippen LogP) is -0.350. The van der Waals surface area contributed by atoms with E-state index in [4.69, 9.17) is 11.5 Å². The van der Waals surface area contributed by atoms with Gasteiger partial charge < -0.3 is 37.5 Å². The van der Waals surface area contributed by atoms with E-state index in [1.165, 1.54) is 12.5 Å². The summed E-state index contributed by atoms with van der Waals surface area (Å²) in [5, 5.41) is 17.4. The van der Waals surface area contributed by atoms with Crippen LogP contribution < -0.4 is 27.4 Å². The minimum atomic E-state index is -1.17. The van der Waals surface area contributed by atoms with Gasteiger partial charge in [-0.15, -0.1) is 0 Å². The Kier molecular flexibility index (Phi) is 13.0. The molecule has 0 bridgehead atoms. The summed E-state index contributed by atoms with van der Waals surface area (Å²) < 4.78 is 0. The van der Waals surface area contributed by atoms with Crippen LogP contribution in [0.1, 0.15) is 59.1 Å². The summed E-state index contributed by atoms with van der Waals surface area (Å²) in [6, 6.07) is -3.91. The van der Waals surface area contributed by atoms with E-state index in [-0.39, 0.29) is 24.7 Å². The molecule has 0 aliphatic carbocycles. The maximum atomic E-state index is 13.2. The highest BCUT2D eigenvalue weighted by Gasteiger charge is 2.31. The fourth-order valence-corrected chi connectivity index (χ4v) is 3.39. The molecular formula is C23H41N7O5. The van der Waals surface area contributed by atoms with Crippen LogP contribution in [0.3, 0.4) is 0 Å². The van der Waals surface area contributed by atoms with Gasteiger partial charge in [-0.05, 0) is 44.1 Å². The first-order valence-electron chi connectivity index (χ1n) is 12.0. The smallest absolute Gasteiger partial charge is 0.326 e. The number of H-pyrrole nitrogens is 1. The highest BCUT2D eigenvalue weighted by Crippen LogP contribution is 2.09. The molecule has 12 heteroatoms. The number of hydrogen-bond donors (Lipinski definition) is 7. The first-order chi connectivity index (χ1) is 16.5. The zero-order valence-electron chi connectivity index (χ0n) is 21.0. The molecule has 0 aromatic carbocycles. The third-order valence-electron chi connectivity index (χ3n) is 5.53. The maximum absolute atomic E-state index is 13.2. The van der Waals surface area contributed by atoms with Gasteiger partial charge in [0.15, 0.2) is 0 Å². The Morgan fingerprint density at radius 1 is 0.971 bits per heavy atom. The molecule has 0 saturated carbocycles. The Morgan fingerprint density at radius 2 is 1.57 bits per heavy atom. The van der Waals surface area contributed by atoms with E-state index >= 15 is 0 Å². The van der Waals surface area contributed by atoms with Crippen molar-refractivity contribution in [2.24, 2.45) is 23.3 Å². The maximum Gasteiger partial charge on any atom is 0.326 e. The number of aromatic amines is 1. The summed E-state index contributed by atoms with van der Waals surface area (Å²) in [5.41, 5.74) is 12.0. The van der Waals surface area contributed by atoms with E-state index in [0.29, 0.717) is 31.5 Å². The van der Waals surface area contributed by atoms with E-state index in [0.717, 1.165) is 0 Å². The van der Waals surface area contributed by atoms with Gasteiger partial charge in [0, 0.05) is 18.3 Å².